The van der Waals surface area contributed by atoms with E-state index in [1.807, 2.05) is 19.1 Å². The van der Waals surface area contributed by atoms with Gasteiger partial charge < -0.3 is 45.1 Å². The summed E-state index contributed by atoms with van der Waals surface area (Å²) in [5.74, 6) is -0.924. The van der Waals surface area contributed by atoms with E-state index in [2.05, 4.69) is 45.3 Å². The number of thiophene rings is 1. The van der Waals surface area contributed by atoms with Crippen LogP contribution in [0.5, 0.6) is 11.5 Å². The van der Waals surface area contributed by atoms with Gasteiger partial charge in [0.25, 0.3) is 15.9 Å². The fraction of sp³-hybridized carbons (Fsp3) is 0.360. The maximum absolute atomic E-state index is 13.6. The second-order valence-corrected chi connectivity index (χ2v) is 21.6. The van der Waals surface area contributed by atoms with Crippen LogP contribution in [0.1, 0.15) is 53.6 Å². The average Bonchev–Trinajstić information content (AvgIpc) is 3.62. The van der Waals surface area contributed by atoms with E-state index in [4.69, 9.17) is 14.5 Å². The first kappa shape index (κ1) is 51.3. The molecular formula is C50H52F2N8O10S3. The molecule has 6 aromatic rings. The highest BCUT2D eigenvalue weighted by Crippen LogP contribution is 2.52. The number of nitrogens with zero attached hydrogens (tertiary/aromatic N) is 3. The molecule has 4 amide bonds. The molecule has 9 rings (SSSR count). The number of likely N-dealkylation sites (tertiary alicyclic amines) is 1. The number of alkyl halides is 2. The number of nitrogens with one attached hydrogen (secondary N) is 5. The van der Waals surface area contributed by atoms with Gasteiger partial charge in [-0.25, -0.2) is 18.4 Å². The molecule has 1 aliphatic carbocycles. The van der Waals surface area contributed by atoms with E-state index in [0.29, 0.717) is 123 Å². The fourth-order valence-electron chi connectivity index (χ4n) is 8.51. The molecular weight excluding hydrogens is 1010 g/mol. The third-order valence-electron chi connectivity index (χ3n) is 12.6. The molecule has 0 bridgehead atoms. The lowest BCUT2D eigenvalue weighted by atomic mass is 9.94. The first-order valence-electron chi connectivity index (χ1n) is 23.6. The minimum Gasteiger partial charge on any atom is -0.395 e. The van der Waals surface area contributed by atoms with Crippen molar-refractivity contribution in [1.82, 2.24) is 25.5 Å². The Morgan fingerprint density at radius 1 is 0.836 bits per heavy atom. The number of hydrogen-bond donors (Lipinski definition) is 5. The van der Waals surface area contributed by atoms with E-state index < -0.39 is 21.7 Å². The third-order valence-corrected chi connectivity index (χ3v) is 16.3. The number of aryl methyl sites for hydroxylation is 1. The molecule has 3 aromatic heterocycles. The van der Waals surface area contributed by atoms with Gasteiger partial charge in [0.15, 0.2) is 16.6 Å². The lowest BCUT2D eigenvalue weighted by Crippen LogP contribution is -2.40. The van der Waals surface area contributed by atoms with E-state index in [1.54, 1.807) is 60.0 Å². The number of thiazole rings is 1. The van der Waals surface area contributed by atoms with Gasteiger partial charge in [0.05, 0.1) is 53.4 Å². The van der Waals surface area contributed by atoms with E-state index >= 15 is 0 Å². The number of benzene rings is 3. The predicted molar refractivity (Wildman–Crippen MR) is 271 cm³/mol. The van der Waals surface area contributed by atoms with Gasteiger partial charge >= 0.3 is 6.29 Å². The number of piperidine rings is 1. The highest BCUT2D eigenvalue weighted by Gasteiger charge is 2.53. The number of sulfonamides is 1. The van der Waals surface area contributed by atoms with Crippen LogP contribution in [0, 0.1) is 12.8 Å². The van der Waals surface area contributed by atoms with Crippen molar-refractivity contribution in [3.8, 4) is 22.8 Å². The van der Waals surface area contributed by atoms with Gasteiger partial charge in [-0.05, 0) is 117 Å². The summed E-state index contributed by atoms with van der Waals surface area (Å²) in [6.45, 7) is 5.59. The molecule has 2 fully saturated rings. The van der Waals surface area contributed by atoms with Gasteiger partial charge in [-0.1, -0.05) is 41.7 Å². The molecule has 3 aromatic carbocycles. The third kappa shape index (κ3) is 12.8. The van der Waals surface area contributed by atoms with E-state index in [-0.39, 0.29) is 58.4 Å². The Hall–Kier alpha value is -6.63. The highest BCUT2D eigenvalue weighted by atomic mass is 32.2. The number of fused-ring (bicyclic) bond motifs is 2. The number of pyridine rings is 1. The van der Waals surface area contributed by atoms with Gasteiger partial charge in [-0.2, -0.15) is 0 Å². The lowest BCUT2D eigenvalue weighted by Gasteiger charge is -2.30. The van der Waals surface area contributed by atoms with Crippen LogP contribution in [-0.2, 0) is 39.3 Å². The summed E-state index contributed by atoms with van der Waals surface area (Å²) in [6.07, 6.45) is -1.09. The van der Waals surface area contributed by atoms with Crippen molar-refractivity contribution in [2.75, 3.05) is 74.5 Å². The minimum atomic E-state index is -3.76. The second kappa shape index (κ2) is 22.2. The lowest BCUT2D eigenvalue weighted by molar-refractivity contribution is -0.286. The first-order valence-corrected chi connectivity index (χ1v) is 26.8. The number of carbonyl (C=O) groups excluding carboxylic acids is 4. The highest BCUT2D eigenvalue weighted by molar-refractivity contribution is 7.94. The van der Waals surface area contributed by atoms with Crippen LogP contribution < -0.4 is 35.5 Å². The van der Waals surface area contributed by atoms with Crippen molar-refractivity contribution < 1.29 is 55.3 Å². The summed E-state index contributed by atoms with van der Waals surface area (Å²) in [4.78, 5) is 63.6. The van der Waals surface area contributed by atoms with Crippen molar-refractivity contribution in [3.05, 3.63) is 107 Å². The first-order chi connectivity index (χ1) is 35.1. The monoisotopic (exact) mass is 1060 g/mol. The molecule has 0 radical (unpaired) electrons. The number of ether oxygens (including phenoxy) is 4. The number of halogens is 2. The van der Waals surface area contributed by atoms with Crippen LogP contribution in [-0.4, -0.2) is 112 Å². The standard InChI is InChI=1S/C50H52F2N8O10S3/c1-31-7-12-41(57-47(64)49(16-17-49)35-8-11-38-39(29-35)70-50(51,52)69-38)56-44(31)33-4-2-5-34(28-33)45(62)54-19-24-68-26-25-67-23-18-53-42(61)15-22-60-20-13-32(14-21-60)46(63)58-48-55-37-10-9-36(30-40(37)72-48)59-73(65,66)43-6-3-27-71-43/h2-12,27-30,32,59H,13-26H2,1H3,(H,53,61)(H,54,62)(H,55,58,63)(H,56,57,64). The molecule has 0 unspecified atom stereocenters. The number of aromatic nitrogens is 2. The number of hydrogen-bond acceptors (Lipinski definition) is 15. The SMILES string of the molecule is Cc1ccc(NC(=O)C2(c3ccc4c(c3)OC(F)(F)O4)CC2)nc1-c1cccc(C(=O)NCCOCCOCCNC(=O)CCN2CCC(C(=O)Nc3nc4ccc(NS(=O)(=O)c5cccs5)cc4s3)CC2)c1. The quantitative estimate of drug-likeness (QED) is 0.0427. The number of amides is 4. The Bertz CT molecular complexity index is 3110. The van der Waals surface area contributed by atoms with Crippen LogP contribution in [0.3, 0.4) is 0 Å². The summed E-state index contributed by atoms with van der Waals surface area (Å²) >= 11 is 2.41. The molecule has 1 saturated carbocycles. The molecule has 1 saturated heterocycles. The zero-order valence-corrected chi connectivity index (χ0v) is 42.0. The molecule has 0 spiro atoms. The zero-order valence-electron chi connectivity index (χ0n) is 39.5. The minimum absolute atomic E-state index is 0.0899. The molecule has 5 N–H and O–H groups in total. The summed E-state index contributed by atoms with van der Waals surface area (Å²) in [5.41, 5.74) is 3.18. The van der Waals surface area contributed by atoms with E-state index in [9.17, 15) is 36.4 Å². The molecule has 3 aliphatic rings. The number of rotatable bonds is 22. The van der Waals surface area contributed by atoms with Crippen molar-refractivity contribution in [1.29, 1.82) is 0 Å². The van der Waals surface area contributed by atoms with Gasteiger partial charge in [0.2, 0.25) is 17.7 Å². The van der Waals surface area contributed by atoms with E-state index in [1.165, 1.54) is 29.5 Å². The van der Waals surface area contributed by atoms with Crippen molar-refractivity contribution in [3.63, 3.8) is 0 Å². The molecule has 73 heavy (non-hydrogen) atoms. The number of carbonyl (C=O) groups is 4. The van der Waals surface area contributed by atoms with Crippen LogP contribution >= 0.6 is 22.7 Å². The number of anilines is 3. The normalized spacial score (nSPS) is 15.9. The summed E-state index contributed by atoms with van der Waals surface area (Å²) in [6, 6.07) is 23.1. The van der Waals surface area contributed by atoms with Crippen molar-refractivity contribution in [2.45, 2.75) is 54.9 Å². The maximum Gasteiger partial charge on any atom is 0.586 e. The largest absolute Gasteiger partial charge is 0.586 e. The van der Waals surface area contributed by atoms with Crippen LogP contribution in [0.2, 0.25) is 0 Å². The molecule has 0 atom stereocenters. The predicted octanol–water partition coefficient (Wildman–Crippen LogP) is 7.14. The van der Waals surface area contributed by atoms with Gasteiger partial charge in [0.1, 0.15) is 10.0 Å². The maximum atomic E-state index is 13.6. The average molecular weight is 1060 g/mol. The zero-order chi connectivity index (χ0) is 51.2. The smallest absolute Gasteiger partial charge is 0.395 e. The van der Waals surface area contributed by atoms with Crippen LogP contribution in [0.25, 0.3) is 21.5 Å². The molecule has 5 heterocycles. The Morgan fingerprint density at radius 2 is 1.60 bits per heavy atom. The van der Waals surface area contributed by atoms with Crippen LogP contribution in [0.15, 0.2) is 94.5 Å². The molecule has 384 valence electrons. The fourth-order valence-corrected chi connectivity index (χ4v) is 11.5. The van der Waals surface area contributed by atoms with Gasteiger partial charge in [0, 0.05) is 43.1 Å². The van der Waals surface area contributed by atoms with Gasteiger partial charge in [-0.3, -0.25) is 23.9 Å². The molecule has 18 nitrogen and oxygen atoms in total. The topological polar surface area (TPSA) is 229 Å². The summed E-state index contributed by atoms with van der Waals surface area (Å²) < 4.78 is 76.3. The van der Waals surface area contributed by atoms with Gasteiger partial charge in [-0.15, -0.1) is 20.1 Å². The molecule has 2 aliphatic heterocycles. The summed E-state index contributed by atoms with van der Waals surface area (Å²) in [5, 5.41) is 13.7. The Labute approximate surface area is 427 Å². The summed E-state index contributed by atoms with van der Waals surface area (Å²) in [7, 11) is -3.69. The van der Waals surface area contributed by atoms with Crippen LogP contribution in [0.4, 0.5) is 25.4 Å². The second-order valence-electron chi connectivity index (χ2n) is 17.7. The Balaban J connectivity index is 0.614. The van der Waals surface area contributed by atoms with E-state index in [0.717, 1.165) is 21.6 Å². The molecule has 23 heteroatoms. The van der Waals surface area contributed by atoms with Crippen molar-refractivity contribution in [2.24, 2.45) is 5.92 Å². The Morgan fingerprint density at radius 3 is 2.36 bits per heavy atom. The Kier molecular flexibility index (Phi) is 15.6. The van der Waals surface area contributed by atoms with Crippen molar-refractivity contribution >= 4 is 83.2 Å².